The lowest BCUT2D eigenvalue weighted by molar-refractivity contribution is 1.42. The molecule has 0 rings (SSSR count). The molecule has 0 aliphatic heterocycles. The minimum Gasteiger partial charge on any atom is -0.0988 e. The van der Waals surface area contributed by atoms with Gasteiger partial charge in [-0.3, -0.25) is 0 Å². The molecule has 0 aliphatic carbocycles. The van der Waals surface area contributed by atoms with E-state index in [4.69, 9.17) is 0 Å². The predicted molar refractivity (Wildman–Crippen MR) is 43.4 cm³/mol. The summed E-state index contributed by atoms with van der Waals surface area (Å²) in [6, 6.07) is 0. The second-order valence-corrected chi connectivity index (χ2v) is 2.13. The Balaban J connectivity index is 4.11. The first-order valence-corrected chi connectivity index (χ1v) is 3.14. The highest BCUT2D eigenvalue weighted by atomic mass is 13.9. The largest absolute Gasteiger partial charge is 0.0988 e. The van der Waals surface area contributed by atoms with Gasteiger partial charge in [-0.2, -0.15) is 0 Å². The zero-order valence-corrected chi connectivity index (χ0v) is 6.44. The zero-order chi connectivity index (χ0) is 7.28. The van der Waals surface area contributed by atoms with Crippen molar-refractivity contribution in [3.8, 4) is 0 Å². The first-order valence-electron chi connectivity index (χ1n) is 3.14. The maximum absolute atomic E-state index is 3.65. The monoisotopic (exact) mass is 122 g/mol. The van der Waals surface area contributed by atoms with Crippen LogP contribution in [0.4, 0.5) is 0 Å². The summed E-state index contributed by atoms with van der Waals surface area (Å²) in [5, 5.41) is 0. The van der Waals surface area contributed by atoms with Crippen molar-refractivity contribution in [1.29, 1.82) is 0 Å². The summed E-state index contributed by atoms with van der Waals surface area (Å²) in [4.78, 5) is 0. The van der Waals surface area contributed by atoms with Crippen molar-refractivity contribution in [2.75, 3.05) is 0 Å². The standard InChI is InChI=1S/C9H14/c1-5-8(3)7-9(4)6-2/h5-7H,1H2,2-4H3/b8-7-,9-6-. The molecule has 9 heavy (non-hydrogen) atoms. The smallest absolute Gasteiger partial charge is 0.0398 e. The fourth-order valence-corrected chi connectivity index (χ4v) is 0.501. The van der Waals surface area contributed by atoms with Gasteiger partial charge in [-0.25, -0.2) is 0 Å². The summed E-state index contributed by atoms with van der Waals surface area (Å²) >= 11 is 0. The molecule has 0 bridgehead atoms. The Morgan fingerprint density at radius 3 is 2.11 bits per heavy atom. The van der Waals surface area contributed by atoms with E-state index in [1.807, 2.05) is 19.9 Å². The van der Waals surface area contributed by atoms with Gasteiger partial charge in [-0.15, -0.1) is 0 Å². The molecule has 0 amide bonds. The molecule has 0 heterocycles. The van der Waals surface area contributed by atoms with Crippen LogP contribution in [0.1, 0.15) is 20.8 Å². The third kappa shape index (κ3) is 3.77. The lowest BCUT2D eigenvalue weighted by Crippen LogP contribution is -1.69. The molecule has 0 spiro atoms. The van der Waals surface area contributed by atoms with Crippen LogP contribution in [0.3, 0.4) is 0 Å². The summed E-state index contributed by atoms with van der Waals surface area (Å²) in [5.41, 5.74) is 2.50. The molecule has 0 saturated heterocycles. The average molecular weight is 122 g/mol. The molecule has 0 nitrogen and oxygen atoms in total. The number of hydrogen-bond acceptors (Lipinski definition) is 0. The van der Waals surface area contributed by atoms with Crippen molar-refractivity contribution in [2.24, 2.45) is 0 Å². The molecule has 0 unspecified atom stereocenters. The SMILES string of the molecule is C=C/C(C)=C\C(C)=C/C. The molecule has 0 aliphatic rings. The van der Waals surface area contributed by atoms with Crippen LogP contribution >= 0.6 is 0 Å². The lowest BCUT2D eigenvalue weighted by Gasteiger charge is -1.90. The zero-order valence-electron chi connectivity index (χ0n) is 6.44. The van der Waals surface area contributed by atoms with Crippen LogP contribution in [0.15, 0.2) is 36.0 Å². The van der Waals surface area contributed by atoms with Crippen molar-refractivity contribution in [3.63, 3.8) is 0 Å². The Hall–Kier alpha value is -0.780. The molecule has 50 valence electrons. The number of rotatable bonds is 2. The highest BCUT2D eigenvalue weighted by Crippen LogP contribution is 2.00. The Bertz CT molecular complexity index is 147. The maximum Gasteiger partial charge on any atom is -0.0398 e. The van der Waals surface area contributed by atoms with Crippen molar-refractivity contribution < 1.29 is 0 Å². The molecule has 0 radical (unpaired) electrons. The van der Waals surface area contributed by atoms with Gasteiger partial charge in [0.1, 0.15) is 0 Å². The maximum atomic E-state index is 3.65. The number of hydrogen-bond donors (Lipinski definition) is 0. The fourth-order valence-electron chi connectivity index (χ4n) is 0.501. The quantitative estimate of drug-likeness (QED) is 0.494. The highest BCUT2D eigenvalue weighted by molar-refractivity contribution is 5.25. The van der Waals surface area contributed by atoms with E-state index >= 15 is 0 Å². The Kier molecular flexibility index (Phi) is 3.78. The van der Waals surface area contributed by atoms with Gasteiger partial charge in [0.25, 0.3) is 0 Å². The van der Waals surface area contributed by atoms with Crippen LogP contribution in [0.2, 0.25) is 0 Å². The molecule has 0 N–H and O–H groups in total. The van der Waals surface area contributed by atoms with Crippen LogP contribution in [0, 0.1) is 0 Å². The summed E-state index contributed by atoms with van der Waals surface area (Å²) in [7, 11) is 0. The second kappa shape index (κ2) is 4.13. The molecule has 0 heteroatoms. The molecule has 0 aromatic heterocycles. The van der Waals surface area contributed by atoms with Crippen molar-refractivity contribution in [3.05, 3.63) is 36.0 Å². The van der Waals surface area contributed by atoms with E-state index in [0.717, 1.165) is 0 Å². The van der Waals surface area contributed by atoms with Gasteiger partial charge in [-0.05, 0) is 20.8 Å². The summed E-state index contributed by atoms with van der Waals surface area (Å²) in [6.45, 7) is 9.80. The first-order chi connectivity index (χ1) is 4.20. The van der Waals surface area contributed by atoms with Crippen LogP contribution in [-0.2, 0) is 0 Å². The van der Waals surface area contributed by atoms with Gasteiger partial charge in [0.2, 0.25) is 0 Å². The van der Waals surface area contributed by atoms with Crippen LogP contribution < -0.4 is 0 Å². The van der Waals surface area contributed by atoms with E-state index in [1.165, 1.54) is 11.1 Å². The first kappa shape index (κ1) is 8.22. The summed E-state index contributed by atoms with van der Waals surface area (Å²) in [5.74, 6) is 0. The molecule has 0 saturated carbocycles. The van der Waals surface area contributed by atoms with E-state index < -0.39 is 0 Å². The minimum absolute atomic E-state index is 1.21. The van der Waals surface area contributed by atoms with E-state index in [2.05, 4.69) is 25.7 Å². The van der Waals surface area contributed by atoms with Gasteiger partial charge in [0, 0.05) is 0 Å². The highest BCUT2D eigenvalue weighted by Gasteiger charge is 1.79. The number of allylic oxidation sites excluding steroid dienone is 5. The topological polar surface area (TPSA) is 0 Å². The normalized spacial score (nSPS) is 13.7. The second-order valence-electron chi connectivity index (χ2n) is 2.13. The average Bonchev–Trinajstić information content (AvgIpc) is 1.87. The van der Waals surface area contributed by atoms with Crippen LogP contribution in [0.5, 0.6) is 0 Å². The molecular weight excluding hydrogens is 108 g/mol. The molecular formula is C9H14. The Morgan fingerprint density at radius 2 is 1.78 bits per heavy atom. The van der Waals surface area contributed by atoms with E-state index in [1.54, 1.807) is 0 Å². The van der Waals surface area contributed by atoms with Crippen molar-refractivity contribution in [1.82, 2.24) is 0 Å². The fraction of sp³-hybridized carbons (Fsp3) is 0.333. The predicted octanol–water partition coefficient (Wildman–Crippen LogP) is 3.08. The van der Waals surface area contributed by atoms with Gasteiger partial charge >= 0.3 is 0 Å². The van der Waals surface area contributed by atoms with Crippen LogP contribution in [-0.4, -0.2) is 0 Å². The van der Waals surface area contributed by atoms with Gasteiger partial charge in [-0.1, -0.05) is 36.0 Å². The van der Waals surface area contributed by atoms with Crippen molar-refractivity contribution in [2.45, 2.75) is 20.8 Å². The van der Waals surface area contributed by atoms with Crippen molar-refractivity contribution >= 4 is 0 Å². The summed E-state index contributed by atoms with van der Waals surface area (Å²) < 4.78 is 0. The molecule has 0 atom stereocenters. The van der Waals surface area contributed by atoms with Gasteiger partial charge in [0.15, 0.2) is 0 Å². The molecule has 0 fully saturated rings. The Labute approximate surface area is 57.6 Å². The van der Waals surface area contributed by atoms with E-state index in [0.29, 0.717) is 0 Å². The van der Waals surface area contributed by atoms with Gasteiger partial charge in [0.05, 0.1) is 0 Å². The van der Waals surface area contributed by atoms with Gasteiger partial charge < -0.3 is 0 Å². The Morgan fingerprint density at radius 1 is 1.22 bits per heavy atom. The third-order valence-electron chi connectivity index (χ3n) is 1.23. The minimum atomic E-state index is 1.21. The third-order valence-corrected chi connectivity index (χ3v) is 1.23. The summed E-state index contributed by atoms with van der Waals surface area (Å²) in [6.07, 6.45) is 6.03. The van der Waals surface area contributed by atoms with E-state index in [9.17, 15) is 0 Å². The van der Waals surface area contributed by atoms with E-state index in [-0.39, 0.29) is 0 Å². The molecule has 0 aromatic rings. The molecule has 0 aromatic carbocycles. The van der Waals surface area contributed by atoms with Crippen LogP contribution in [0.25, 0.3) is 0 Å². The lowest BCUT2D eigenvalue weighted by atomic mass is 10.2.